The number of hydrogen-bond donors (Lipinski definition) is 1. The molecule has 1 aromatic heterocycles. The Morgan fingerprint density at radius 3 is 2.67 bits per heavy atom. The van der Waals surface area contributed by atoms with Crippen LogP contribution < -0.4 is 10.1 Å². The molecule has 1 aliphatic rings. The van der Waals surface area contributed by atoms with E-state index in [1.165, 1.54) is 22.3 Å². The molecule has 3 nitrogen and oxygen atoms in total. The van der Waals surface area contributed by atoms with E-state index in [2.05, 4.69) is 44.3 Å². The summed E-state index contributed by atoms with van der Waals surface area (Å²) >= 11 is 0. The third-order valence-electron chi connectivity index (χ3n) is 4.36. The van der Waals surface area contributed by atoms with E-state index < -0.39 is 0 Å². The molecule has 0 aliphatic carbocycles. The fourth-order valence-corrected chi connectivity index (χ4v) is 3.21. The molecule has 112 valence electrons. The van der Waals surface area contributed by atoms with E-state index in [0.29, 0.717) is 0 Å². The lowest BCUT2D eigenvalue weighted by Gasteiger charge is -2.20. The summed E-state index contributed by atoms with van der Waals surface area (Å²) in [5.74, 6) is 3.05. The maximum absolute atomic E-state index is 5.82. The van der Waals surface area contributed by atoms with E-state index in [9.17, 15) is 0 Å². The number of nitrogens with one attached hydrogen (secondary N) is 1. The maximum atomic E-state index is 5.82. The largest absolute Gasteiger partial charge is 0.493 e. The molecule has 1 unspecified atom stereocenters. The molecule has 1 aromatic carbocycles. The molecule has 3 heteroatoms. The van der Waals surface area contributed by atoms with Gasteiger partial charge in [0.1, 0.15) is 17.3 Å². The average molecular weight is 285 g/mol. The van der Waals surface area contributed by atoms with Gasteiger partial charge in [0.05, 0.1) is 12.6 Å². The molecule has 0 radical (unpaired) electrons. The molecule has 3 rings (SSSR count). The molecule has 0 amide bonds. The van der Waals surface area contributed by atoms with Crippen LogP contribution in [0.2, 0.25) is 0 Å². The van der Waals surface area contributed by atoms with Crippen molar-refractivity contribution in [1.29, 1.82) is 0 Å². The first-order chi connectivity index (χ1) is 10.1. The first kappa shape index (κ1) is 14.2. The Hall–Kier alpha value is -1.74. The van der Waals surface area contributed by atoms with Gasteiger partial charge in [-0.1, -0.05) is 19.1 Å². The minimum Gasteiger partial charge on any atom is -0.493 e. The highest BCUT2D eigenvalue weighted by Gasteiger charge is 2.23. The topological polar surface area (TPSA) is 34.4 Å². The summed E-state index contributed by atoms with van der Waals surface area (Å²) in [6, 6.07) is 6.72. The van der Waals surface area contributed by atoms with E-state index in [1.807, 2.05) is 6.92 Å². The van der Waals surface area contributed by atoms with Gasteiger partial charge >= 0.3 is 0 Å². The molecule has 1 aliphatic heterocycles. The molecular formula is C18H23NO2. The predicted octanol–water partition coefficient (Wildman–Crippen LogP) is 3.84. The Balaban J connectivity index is 2.05. The minimum atomic E-state index is 0.179. The van der Waals surface area contributed by atoms with Gasteiger partial charge in [0.25, 0.3) is 0 Å². The van der Waals surface area contributed by atoms with Crippen LogP contribution in [0.15, 0.2) is 22.6 Å². The van der Waals surface area contributed by atoms with Gasteiger partial charge in [0.2, 0.25) is 0 Å². The van der Waals surface area contributed by atoms with Crippen LogP contribution in [0.25, 0.3) is 0 Å². The molecule has 21 heavy (non-hydrogen) atoms. The van der Waals surface area contributed by atoms with Crippen LogP contribution in [0.4, 0.5) is 0 Å². The lowest BCUT2D eigenvalue weighted by Crippen LogP contribution is -2.23. The van der Waals surface area contributed by atoms with Crippen LogP contribution in [0.5, 0.6) is 5.75 Å². The highest BCUT2D eigenvalue weighted by atomic mass is 16.5. The average Bonchev–Trinajstić information content (AvgIpc) is 3.02. The Bertz CT molecular complexity index is 657. The summed E-state index contributed by atoms with van der Waals surface area (Å²) < 4.78 is 11.4. The van der Waals surface area contributed by atoms with Crippen molar-refractivity contribution in [2.75, 3.05) is 13.2 Å². The van der Waals surface area contributed by atoms with E-state index in [-0.39, 0.29) is 6.04 Å². The van der Waals surface area contributed by atoms with Crippen LogP contribution in [0.3, 0.4) is 0 Å². The van der Waals surface area contributed by atoms with E-state index in [4.69, 9.17) is 9.15 Å². The molecule has 1 N–H and O–H groups in total. The molecule has 2 heterocycles. The molecule has 0 fully saturated rings. The van der Waals surface area contributed by atoms with Gasteiger partial charge in [-0.3, -0.25) is 0 Å². The number of benzene rings is 1. The van der Waals surface area contributed by atoms with Crippen molar-refractivity contribution in [2.24, 2.45) is 0 Å². The Morgan fingerprint density at radius 2 is 2.00 bits per heavy atom. The van der Waals surface area contributed by atoms with Gasteiger partial charge in [-0.25, -0.2) is 0 Å². The van der Waals surface area contributed by atoms with Gasteiger partial charge in [-0.2, -0.15) is 0 Å². The number of rotatable bonds is 4. The van der Waals surface area contributed by atoms with Crippen molar-refractivity contribution in [2.45, 2.75) is 40.2 Å². The highest BCUT2D eigenvalue weighted by Crippen LogP contribution is 2.34. The smallest absolute Gasteiger partial charge is 0.122 e. The van der Waals surface area contributed by atoms with Crippen molar-refractivity contribution in [3.05, 3.63) is 52.0 Å². The fraction of sp³-hybridized carbons (Fsp3) is 0.444. The maximum Gasteiger partial charge on any atom is 0.122 e. The molecule has 1 atom stereocenters. The highest BCUT2D eigenvalue weighted by molar-refractivity contribution is 5.46. The number of hydrogen-bond acceptors (Lipinski definition) is 3. The summed E-state index contributed by atoms with van der Waals surface area (Å²) in [6.07, 6.45) is 1.00. The number of fused-ring (bicyclic) bond motifs is 1. The summed E-state index contributed by atoms with van der Waals surface area (Å²) in [4.78, 5) is 0. The summed E-state index contributed by atoms with van der Waals surface area (Å²) in [7, 11) is 0. The number of ether oxygens (including phenoxy) is 1. The SMILES string of the molecule is CCNC(c1ccc2c(c1)CCO2)c1c(C)oc(C)c1C. The van der Waals surface area contributed by atoms with Crippen molar-refractivity contribution < 1.29 is 9.15 Å². The summed E-state index contributed by atoms with van der Waals surface area (Å²) in [5.41, 5.74) is 5.11. The van der Waals surface area contributed by atoms with Crippen molar-refractivity contribution in [3.63, 3.8) is 0 Å². The van der Waals surface area contributed by atoms with Gasteiger partial charge in [0.15, 0.2) is 0 Å². The van der Waals surface area contributed by atoms with Crippen molar-refractivity contribution in [3.8, 4) is 5.75 Å². The third-order valence-corrected chi connectivity index (χ3v) is 4.36. The lowest BCUT2D eigenvalue weighted by molar-refractivity contribution is 0.357. The summed E-state index contributed by atoms with van der Waals surface area (Å²) in [6.45, 7) is 10.1. The van der Waals surface area contributed by atoms with Crippen molar-refractivity contribution >= 4 is 0 Å². The first-order valence-electron chi connectivity index (χ1n) is 7.67. The van der Waals surface area contributed by atoms with Crippen LogP contribution in [-0.4, -0.2) is 13.2 Å². The minimum absolute atomic E-state index is 0.179. The zero-order chi connectivity index (χ0) is 15.0. The molecular weight excluding hydrogens is 262 g/mol. The standard InChI is InChI=1S/C18H23NO2/c1-5-19-18(17-11(2)12(3)21-13(17)4)15-6-7-16-14(10-15)8-9-20-16/h6-7,10,18-19H,5,8-9H2,1-4H3. The number of furan rings is 1. The first-order valence-corrected chi connectivity index (χ1v) is 7.67. The second-order valence-corrected chi connectivity index (χ2v) is 5.71. The normalized spacial score (nSPS) is 14.9. The van der Waals surface area contributed by atoms with Gasteiger partial charge in [0, 0.05) is 12.0 Å². The van der Waals surface area contributed by atoms with Crippen LogP contribution in [0, 0.1) is 20.8 Å². The van der Waals surface area contributed by atoms with E-state index in [0.717, 1.165) is 36.8 Å². The quantitative estimate of drug-likeness (QED) is 0.927. The molecule has 0 spiro atoms. The molecule has 0 saturated carbocycles. The number of aryl methyl sites for hydroxylation is 2. The van der Waals surface area contributed by atoms with Gasteiger partial charge in [-0.05, 0) is 50.1 Å². The van der Waals surface area contributed by atoms with Crippen LogP contribution in [-0.2, 0) is 6.42 Å². The van der Waals surface area contributed by atoms with Gasteiger partial charge in [-0.15, -0.1) is 0 Å². The second-order valence-electron chi connectivity index (χ2n) is 5.71. The van der Waals surface area contributed by atoms with E-state index >= 15 is 0 Å². The van der Waals surface area contributed by atoms with Crippen molar-refractivity contribution in [1.82, 2.24) is 5.32 Å². The van der Waals surface area contributed by atoms with Crippen LogP contribution >= 0.6 is 0 Å². The fourth-order valence-electron chi connectivity index (χ4n) is 3.21. The zero-order valence-electron chi connectivity index (χ0n) is 13.2. The molecule has 0 saturated heterocycles. The monoisotopic (exact) mass is 285 g/mol. The molecule has 2 aromatic rings. The van der Waals surface area contributed by atoms with E-state index in [1.54, 1.807) is 0 Å². The van der Waals surface area contributed by atoms with Gasteiger partial charge < -0.3 is 14.5 Å². The third kappa shape index (κ3) is 2.46. The Labute approximate surface area is 126 Å². The second kappa shape index (κ2) is 5.57. The lowest BCUT2D eigenvalue weighted by atomic mass is 9.93. The summed E-state index contributed by atoms with van der Waals surface area (Å²) in [5, 5.41) is 3.60. The predicted molar refractivity (Wildman–Crippen MR) is 84.1 cm³/mol. The Kier molecular flexibility index (Phi) is 3.77. The zero-order valence-corrected chi connectivity index (χ0v) is 13.2. The molecule has 0 bridgehead atoms. The Morgan fingerprint density at radius 1 is 1.19 bits per heavy atom. The van der Waals surface area contributed by atoms with Crippen LogP contribution in [0.1, 0.15) is 46.7 Å².